The van der Waals surface area contributed by atoms with Crippen LogP contribution in [0.2, 0.25) is 5.02 Å². The normalized spacial score (nSPS) is 12.8. The quantitative estimate of drug-likeness (QED) is 0.664. The lowest BCUT2D eigenvalue weighted by atomic mass is 9.94. The molecule has 2 heterocycles. The van der Waals surface area contributed by atoms with E-state index in [-0.39, 0.29) is 10.9 Å². The highest BCUT2D eigenvalue weighted by molar-refractivity contribution is 7.12. The highest BCUT2D eigenvalue weighted by Gasteiger charge is 2.24. The average molecular weight is 335 g/mol. The summed E-state index contributed by atoms with van der Waals surface area (Å²) in [6, 6.07) is 9.15. The molecule has 1 unspecified atom stereocenters. The molecule has 3 rings (SSSR count). The first kappa shape index (κ1) is 15.3. The second-order valence-corrected chi connectivity index (χ2v) is 7.00. The number of hydrogen-bond donors (Lipinski definition) is 1. The van der Waals surface area contributed by atoms with Gasteiger partial charge in [0.2, 0.25) is 0 Å². The van der Waals surface area contributed by atoms with Gasteiger partial charge < -0.3 is 4.98 Å². The highest BCUT2D eigenvalue weighted by atomic mass is 35.5. The molecule has 1 atom stereocenters. The molecule has 0 saturated heterocycles. The van der Waals surface area contributed by atoms with E-state index in [1.807, 2.05) is 6.07 Å². The number of nitrogens with one attached hydrogen (secondary N) is 1. The summed E-state index contributed by atoms with van der Waals surface area (Å²) in [7, 11) is 0. The van der Waals surface area contributed by atoms with E-state index in [0.29, 0.717) is 5.92 Å². The maximum absolute atomic E-state index is 13.9. The molecular formula is C17H16ClFN2S. The van der Waals surface area contributed by atoms with Crippen molar-refractivity contribution in [2.75, 3.05) is 0 Å². The van der Waals surface area contributed by atoms with Gasteiger partial charge in [-0.1, -0.05) is 37.6 Å². The van der Waals surface area contributed by atoms with Gasteiger partial charge >= 0.3 is 0 Å². The third-order valence-electron chi connectivity index (χ3n) is 3.62. The minimum atomic E-state index is -0.399. The maximum atomic E-state index is 13.9. The lowest BCUT2D eigenvalue weighted by Gasteiger charge is -2.16. The number of nitrogens with zero attached hydrogens (tertiary/aromatic N) is 1. The summed E-state index contributed by atoms with van der Waals surface area (Å²) < 4.78 is 13.9. The van der Waals surface area contributed by atoms with Crippen molar-refractivity contribution < 1.29 is 4.39 Å². The summed E-state index contributed by atoms with van der Waals surface area (Å²) in [4.78, 5) is 9.66. The van der Waals surface area contributed by atoms with Crippen LogP contribution in [0.25, 0.3) is 0 Å². The van der Waals surface area contributed by atoms with Crippen molar-refractivity contribution >= 4 is 22.9 Å². The summed E-state index contributed by atoms with van der Waals surface area (Å²) in [5.74, 6) is -0.0725. The van der Waals surface area contributed by atoms with Gasteiger partial charge in [-0.3, -0.25) is 0 Å². The van der Waals surface area contributed by atoms with Crippen LogP contribution in [-0.2, 0) is 0 Å². The molecule has 0 aliphatic heterocycles. The van der Waals surface area contributed by atoms with Gasteiger partial charge in [0.25, 0.3) is 0 Å². The largest absolute Gasteiger partial charge is 0.348 e. The Morgan fingerprint density at radius 3 is 2.59 bits per heavy atom. The topological polar surface area (TPSA) is 28.7 Å². The second-order valence-electron chi connectivity index (χ2n) is 5.48. The summed E-state index contributed by atoms with van der Waals surface area (Å²) in [6.45, 7) is 4.33. The number of aromatic amines is 1. The Bertz CT molecular complexity index is 765. The molecule has 0 aliphatic rings. The SMILES string of the molecule is CC(C)c1ccc(C(c2cnc[nH]2)c2cccc(F)c2Cl)s1. The van der Waals surface area contributed by atoms with E-state index in [4.69, 9.17) is 11.6 Å². The molecule has 0 bridgehead atoms. The molecule has 114 valence electrons. The third kappa shape index (κ3) is 2.81. The monoisotopic (exact) mass is 334 g/mol. The van der Waals surface area contributed by atoms with Crippen LogP contribution in [-0.4, -0.2) is 9.97 Å². The number of aromatic nitrogens is 2. The van der Waals surface area contributed by atoms with Crippen LogP contribution in [0.4, 0.5) is 4.39 Å². The molecule has 1 aromatic carbocycles. The lowest BCUT2D eigenvalue weighted by molar-refractivity contribution is 0.625. The van der Waals surface area contributed by atoms with E-state index >= 15 is 0 Å². The van der Waals surface area contributed by atoms with Crippen molar-refractivity contribution in [2.45, 2.75) is 25.7 Å². The Morgan fingerprint density at radius 2 is 1.95 bits per heavy atom. The van der Waals surface area contributed by atoms with E-state index < -0.39 is 5.82 Å². The fraction of sp³-hybridized carbons (Fsp3) is 0.235. The number of benzene rings is 1. The molecule has 0 aliphatic carbocycles. The highest BCUT2D eigenvalue weighted by Crippen LogP contribution is 2.40. The molecule has 0 spiro atoms. The number of thiophene rings is 1. The number of imidazole rings is 1. The van der Waals surface area contributed by atoms with Gasteiger partial charge in [0.15, 0.2) is 0 Å². The number of H-pyrrole nitrogens is 1. The Labute approximate surface area is 138 Å². The van der Waals surface area contributed by atoms with Crippen molar-refractivity contribution in [3.8, 4) is 0 Å². The third-order valence-corrected chi connectivity index (χ3v) is 5.47. The second kappa shape index (κ2) is 6.23. The van der Waals surface area contributed by atoms with Crippen LogP contribution in [0.15, 0.2) is 42.9 Å². The van der Waals surface area contributed by atoms with Gasteiger partial charge in [-0.2, -0.15) is 0 Å². The van der Waals surface area contributed by atoms with Crippen molar-refractivity contribution in [3.63, 3.8) is 0 Å². The molecule has 2 aromatic heterocycles. The van der Waals surface area contributed by atoms with Crippen molar-refractivity contribution in [2.24, 2.45) is 0 Å². The fourth-order valence-electron chi connectivity index (χ4n) is 2.48. The molecule has 3 aromatic rings. The fourth-order valence-corrected chi connectivity index (χ4v) is 3.86. The molecule has 1 N–H and O–H groups in total. The zero-order chi connectivity index (χ0) is 15.7. The first-order chi connectivity index (χ1) is 10.6. The predicted octanol–water partition coefficient (Wildman–Crippen LogP) is 5.57. The molecule has 0 saturated carbocycles. The molecular weight excluding hydrogens is 319 g/mol. The van der Waals surface area contributed by atoms with E-state index in [1.165, 1.54) is 10.9 Å². The Hall–Kier alpha value is -1.65. The molecule has 0 radical (unpaired) electrons. The molecule has 0 amide bonds. The van der Waals surface area contributed by atoms with E-state index in [2.05, 4.69) is 35.9 Å². The summed E-state index contributed by atoms with van der Waals surface area (Å²) in [6.07, 6.45) is 3.40. The van der Waals surface area contributed by atoms with Gasteiger partial charge in [0.1, 0.15) is 5.82 Å². The van der Waals surface area contributed by atoms with Gasteiger partial charge in [0.05, 0.1) is 17.3 Å². The van der Waals surface area contributed by atoms with E-state index in [1.54, 1.807) is 29.9 Å². The van der Waals surface area contributed by atoms with Crippen molar-refractivity contribution in [3.05, 3.63) is 74.7 Å². The van der Waals surface area contributed by atoms with Crippen molar-refractivity contribution in [1.82, 2.24) is 9.97 Å². The first-order valence-electron chi connectivity index (χ1n) is 7.09. The molecule has 2 nitrogen and oxygen atoms in total. The predicted molar refractivity (Wildman–Crippen MR) is 89.4 cm³/mol. The van der Waals surface area contributed by atoms with Gasteiger partial charge in [-0.05, 0) is 29.7 Å². The lowest BCUT2D eigenvalue weighted by Crippen LogP contribution is -2.03. The van der Waals surface area contributed by atoms with Gasteiger partial charge in [-0.25, -0.2) is 9.37 Å². The van der Waals surface area contributed by atoms with Gasteiger partial charge in [0, 0.05) is 21.6 Å². The van der Waals surface area contributed by atoms with E-state index in [0.717, 1.165) is 16.1 Å². The van der Waals surface area contributed by atoms with E-state index in [9.17, 15) is 4.39 Å². The Balaban J connectivity index is 2.14. The summed E-state index contributed by atoms with van der Waals surface area (Å²) >= 11 is 7.95. The Kier molecular flexibility index (Phi) is 4.32. The zero-order valence-corrected chi connectivity index (χ0v) is 13.9. The summed E-state index contributed by atoms with van der Waals surface area (Å²) in [5.41, 5.74) is 1.66. The van der Waals surface area contributed by atoms with Crippen LogP contribution < -0.4 is 0 Å². The smallest absolute Gasteiger partial charge is 0.142 e. The maximum Gasteiger partial charge on any atom is 0.142 e. The van der Waals surface area contributed by atoms with Crippen molar-refractivity contribution in [1.29, 1.82) is 0 Å². The average Bonchev–Trinajstić information content (AvgIpc) is 3.16. The first-order valence-corrected chi connectivity index (χ1v) is 8.29. The van der Waals surface area contributed by atoms with Crippen LogP contribution >= 0.6 is 22.9 Å². The number of halogens is 2. The molecule has 0 fully saturated rings. The van der Waals surface area contributed by atoms with Gasteiger partial charge in [-0.15, -0.1) is 11.3 Å². The van der Waals surface area contributed by atoms with Crippen LogP contribution in [0.3, 0.4) is 0 Å². The number of hydrogen-bond acceptors (Lipinski definition) is 2. The van der Waals surface area contributed by atoms with Crippen LogP contribution in [0.1, 0.15) is 46.7 Å². The minimum absolute atomic E-state index is 0.136. The zero-order valence-electron chi connectivity index (χ0n) is 12.3. The molecule has 22 heavy (non-hydrogen) atoms. The van der Waals surface area contributed by atoms with Crippen LogP contribution in [0.5, 0.6) is 0 Å². The summed E-state index contributed by atoms with van der Waals surface area (Å²) in [5, 5.41) is 0.168. The minimum Gasteiger partial charge on any atom is -0.348 e. The Morgan fingerprint density at radius 1 is 1.18 bits per heavy atom. The molecule has 5 heteroatoms. The number of rotatable bonds is 4. The van der Waals surface area contributed by atoms with Crippen LogP contribution in [0, 0.1) is 5.82 Å². The standard InChI is InChI=1S/C17H16ClFN2S/c1-10(2)14-6-7-15(22-14)16(13-8-20-9-21-13)11-4-3-5-12(19)17(11)18/h3-10,16H,1-2H3,(H,20,21).